The number of nitrogens with zero attached hydrogens (tertiary/aromatic N) is 2. The second-order valence-corrected chi connectivity index (χ2v) is 9.20. The highest BCUT2D eigenvalue weighted by Gasteiger charge is 2.55. The molecular weight excluding hydrogens is 475 g/mol. The molecular formula is C19H15ClF3N3O5S. The number of aryl methyl sites for hydroxylation is 1. The molecule has 0 radical (unpaired) electrons. The van der Waals surface area contributed by atoms with E-state index in [1.807, 2.05) is 5.32 Å². The van der Waals surface area contributed by atoms with Crippen LogP contribution in [0.5, 0.6) is 0 Å². The Bertz CT molecular complexity index is 1270. The largest absolute Gasteiger partial charge is 0.426 e. The van der Waals surface area contributed by atoms with Gasteiger partial charge in [-0.2, -0.15) is 18.2 Å². The van der Waals surface area contributed by atoms with Gasteiger partial charge >= 0.3 is 6.18 Å². The molecule has 0 bridgehead atoms. The van der Waals surface area contributed by atoms with Crippen LogP contribution in [0.4, 0.5) is 18.9 Å². The summed E-state index contributed by atoms with van der Waals surface area (Å²) < 4.78 is 69.2. The van der Waals surface area contributed by atoms with Gasteiger partial charge in [0.2, 0.25) is 15.4 Å². The summed E-state index contributed by atoms with van der Waals surface area (Å²) in [6.07, 6.45) is -5.22. The first kappa shape index (κ1) is 23.7. The minimum Gasteiger partial charge on any atom is -0.373 e. The number of hydrogen-bond donors (Lipinski definition) is 2. The normalized spacial score (nSPS) is 14.1. The summed E-state index contributed by atoms with van der Waals surface area (Å²) in [6.45, 7) is 1.92. The molecule has 1 heterocycles. The Morgan fingerprint density at radius 3 is 2.22 bits per heavy atom. The van der Waals surface area contributed by atoms with Crippen molar-refractivity contribution in [1.82, 2.24) is 10.1 Å². The molecule has 1 unspecified atom stereocenters. The predicted octanol–water partition coefficient (Wildman–Crippen LogP) is 3.78. The molecule has 0 aliphatic rings. The van der Waals surface area contributed by atoms with Crippen LogP contribution in [-0.4, -0.2) is 41.3 Å². The average Bonchev–Trinajstić information content (AvgIpc) is 3.15. The average molecular weight is 490 g/mol. The molecule has 0 saturated carbocycles. The molecule has 0 aliphatic carbocycles. The molecule has 3 aromatic rings. The van der Waals surface area contributed by atoms with Crippen LogP contribution in [0.15, 0.2) is 56.8 Å². The topological polar surface area (TPSA) is 122 Å². The van der Waals surface area contributed by atoms with Gasteiger partial charge in [0.25, 0.3) is 11.8 Å². The van der Waals surface area contributed by atoms with E-state index in [-0.39, 0.29) is 33.3 Å². The van der Waals surface area contributed by atoms with E-state index in [1.54, 1.807) is 6.92 Å². The number of nitrogens with one attached hydrogen (secondary N) is 1. The zero-order valence-corrected chi connectivity index (χ0v) is 18.0. The summed E-state index contributed by atoms with van der Waals surface area (Å²) in [7, 11) is -4.05. The number of carbonyl (C=O) groups excluding carboxylic acids is 1. The molecule has 32 heavy (non-hydrogen) atoms. The van der Waals surface area contributed by atoms with Crippen molar-refractivity contribution in [2.24, 2.45) is 0 Å². The zero-order valence-electron chi connectivity index (χ0n) is 16.4. The highest BCUT2D eigenvalue weighted by molar-refractivity contribution is 7.91. The number of anilines is 1. The molecule has 1 aromatic heterocycles. The van der Waals surface area contributed by atoms with Crippen LogP contribution in [0.3, 0.4) is 0 Å². The van der Waals surface area contributed by atoms with Crippen LogP contribution in [-0.2, 0) is 14.6 Å². The van der Waals surface area contributed by atoms with E-state index in [4.69, 9.17) is 16.1 Å². The van der Waals surface area contributed by atoms with Crippen molar-refractivity contribution in [3.8, 4) is 11.5 Å². The number of carbonyl (C=O) groups is 1. The van der Waals surface area contributed by atoms with Gasteiger partial charge in [-0.1, -0.05) is 16.8 Å². The molecule has 0 fully saturated rings. The van der Waals surface area contributed by atoms with Gasteiger partial charge in [0.05, 0.1) is 20.5 Å². The first-order valence-electron chi connectivity index (χ1n) is 8.79. The Balaban J connectivity index is 1.85. The van der Waals surface area contributed by atoms with Crippen LogP contribution >= 0.6 is 11.6 Å². The lowest BCUT2D eigenvalue weighted by Gasteiger charge is -2.25. The van der Waals surface area contributed by atoms with Gasteiger partial charge in [0.15, 0.2) is 5.82 Å². The standard InChI is InChI=1S/C19H15ClF3N3O5S/c1-10-24-16(31-26-10)11-3-5-12(6-4-11)32(29,30)13-7-8-15(14(20)9-13)25-17(27)18(2,28)19(21,22)23/h3-9,28H,1-2H3,(H,25,27). The molecule has 13 heteroatoms. The number of sulfone groups is 1. The summed E-state index contributed by atoms with van der Waals surface area (Å²) in [5, 5.41) is 14.6. The second-order valence-electron chi connectivity index (χ2n) is 6.84. The van der Waals surface area contributed by atoms with Crippen molar-refractivity contribution >= 4 is 33.0 Å². The highest BCUT2D eigenvalue weighted by atomic mass is 35.5. The molecule has 2 aromatic carbocycles. The van der Waals surface area contributed by atoms with Gasteiger partial charge in [-0.25, -0.2) is 8.42 Å². The predicted molar refractivity (Wildman–Crippen MR) is 107 cm³/mol. The third-order valence-electron chi connectivity index (χ3n) is 4.43. The third-order valence-corrected chi connectivity index (χ3v) is 6.51. The molecule has 0 spiro atoms. The summed E-state index contributed by atoms with van der Waals surface area (Å²) in [6, 6.07) is 8.63. The summed E-state index contributed by atoms with van der Waals surface area (Å²) in [5.74, 6) is -1.14. The minimum atomic E-state index is -5.22. The van der Waals surface area contributed by atoms with Crippen molar-refractivity contribution in [2.45, 2.75) is 35.4 Å². The second kappa shape index (κ2) is 8.19. The molecule has 3 rings (SSSR count). The van der Waals surface area contributed by atoms with E-state index in [0.29, 0.717) is 11.4 Å². The lowest BCUT2D eigenvalue weighted by molar-refractivity contribution is -0.242. The first-order chi connectivity index (χ1) is 14.7. The number of amides is 1. The fourth-order valence-corrected chi connectivity index (χ4v) is 4.04. The minimum absolute atomic E-state index is 0.0923. The quantitative estimate of drug-likeness (QED) is 0.559. The molecule has 1 amide bonds. The SMILES string of the molecule is Cc1noc(-c2ccc(S(=O)(=O)c3ccc(NC(=O)C(C)(O)C(F)(F)F)c(Cl)c3)cc2)n1. The van der Waals surface area contributed by atoms with Crippen LogP contribution < -0.4 is 5.32 Å². The maximum atomic E-state index is 12.9. The number of rotatable bonds is 5. The molecule has 0 saturated heterocycles. The van der Waals surface area contributed by atoms with Gasteiger partial charge in [-0.15, -0.1) is 0 Å². The Morgan fingerprint density at radius 2 is 1.72 bits per heavy atom. The van der Waals surface area contributed by atoms with E-state index in [2.05, 4.69) is 10.1 Å². The maximum absolute atomic E-state index is 12.9. The van der Waals surface area contributed by atoms with Gasteiger partial charge in [0, 0.05) is 5.56 Å². The number of benzene rings is 2. The molecule has 1 atom stereocenters. The van der Waals surface area contributed by atoms with Crippen LogP contribution in [0.1, 0.15) is 12.7 Å². The number of aliphatic hydroxyl groups is 1. The first-order valence-corrected chi connectivity index (χ1v) is 10.7. The highest BCUT2D eigenvalue weighted by Crippen LogP contribution is 2.33. The van der Waals surface area contributed by atoms with Gasteiger partial charge in [-0.3, -0.25) is 4.79 Å². The Kier molecular flexibility index (Phi) is 6.06. The van der Waals surface area contributed by atoms with Crippen LogP contribution in [0, 0.1) is 6.92 Å². The van der Waals surface area contributed by atoms with Crippen molar-refractivity contribution in [3.63, 3.8) is 0 Å². The molecule has 170 valence electrons. The van der Waals surface area contributed by atoms with Crippen molar-refractivity contribution in [1.29, 1.82) is 0 Å². The molecule has 2 N–H and O–H groups in total. The number of hydrogen-bond acceptors (Lipinski definition) is 7. The summed E-state index contributed by atoms with van der Waals surface area (Å²) in [5.41, 5.74) is -3.47. The smallest absolute Gasteiger partial charge is 0.373 e. The number of alkyl halides is 3. The van der Waals surface area contributed by atoms with E-state index >= 15 is 0 Å². The van der Waals surface area contributed by atoms with Crippen LogP contribution in [0.25, 0.3) is 11.5 Å². The van der Waals surface area contributed by atoms with Crippen molar-refractivity contribution < 1.29 is 36.0 Å². The zero-order chi connectivity index (χ0) is 23.9. The fourth-order valence-electron chi connectivity index (χ4n) is 2.46. The molecule has 0 aliphatic heterocycles. The lowest BCUT2D eigenvalue weighted by atomic mass is 10.1. The Hall–Kier alpha value is -2.96. The fraction of sp³-hybridized carbons (Fsp3) is 0.211. The van der Waals surface area contributed by atoms with Gasteiger partial charge < -0.3 is 14.9 Å². The Morgan fingerprint density at radius 1 is 1.12 bits per heavy atom. The van der Waals surface area contributed by atoms with E-state index in [0.717, 1.165) is 18.2 Å². The van der Waals surface area contributed by atoms with Crippen molar-refractivity contribution in [3.05, 3.63) is 53.3 Å². The third kappa shape index (κ3) is 4.47. The van der Waals surface area contributed by atoms with E-state index < -0.39 is 27.5 Å². The van der Waals surface area contributed by atoms with Crippen LogP contribution in [0.2, 0.25) is 5.02 Å². The van der Waals surface area contributed by atoms with Gasteiger partial charge in [-0.05, 0) is 56.3 Å². The van der Waals surface area contributed by atoms with Crippen molar-refractivity contribution in [2.75, 3.05) is 5.32 Å². The maximum Gasteiger partial charge on any atom is 0.426 e. The van der Waals surface area contributed by atoms with E-state index in [9.17, 15) is 31.5 Å². The monoisotopic (exact) mass is 489 g/mol. The number of halogens is 4. The van der Waals surface area contributed by atoms with Gasteiger partial charge in [0.1, 0.15) is 0 Å². The number of aromatic nitrogens is 2. The lowest BCUT2D eigenvalue weighted by Crippen LogP contribution is -2.52. The summed E-state index contributed by atoms with van der Waals surface area (Å²) in [4.78, 5) is 15.5. The van der Waals surface area contributed by atoms with E-state index in [1.165, 1.54) is 24.3 Å². The Labute approximate surface area is 184 Å². The summed E-state index contributed by atoms with van der Waals surface area (Å²) >= 11 is 5.97. The molecule has 8 nitrogen and oxygen atoms in total.